The van der Waals surface area contributed by atoms with Gasteiger partial charge in [-0.15, -0.1) is 0 Å². The van der Waals surface area contributed by atoms with Crippen molar-refractivity contribution in [3.05, 3.63) is 57.8 Å². The molecule has 1 unspecified atom stereocenters. The van der Waals surface area contributed by atoms with Crippen molar-refractivity contribution in [3.63, 3.8) is 0 Å². The third kappa shape index (κ3) is 4.78. The lowest BCUT2D eigenvalue weighted by molar-refractivity contribution is 0.0231. The van der Waals surface area contributed by atoms with Crippen molar-refractivity contribution in [3.8, 4) is 0 Å². The second kappa shape index (κ2) is 8.29. The van der Waals surface area contributed by atoms with E-state index in [1.165, 1.54) is 6.07 Å². The quantitative estimate of drug-likeness (QED) is 0.499. The summed E-state index contributed by atoms with van der Waals surface area (Å²) in [6.45, 7) is 6.15. The van der Waals surface area contributed by atoms with Crippen LogP contribution in [0, 0.1) is 5.82 Å². The molecule has 1 aliphatic heterocycles. The first-order chi connectivity index (χ1) is 13.2. The zero-order valence-corrected chi connectivity index (χ0v) is 18.4. The normalized spacial score (nSPS) is 16.9. The molecule has 0 spiro atoms. The van der Waals surface area contributed by atoms with Crippen molar-refractivity contribution < 1.29 is 13.9 Å². The Morgan fingerprint density at radius 1 is 1.21 bits per heavy atom. The Morgan fingerprint density at radius 2 is 1.86 bits per heavy atom. The average molecular weight is 470 g/mol. The maximum Gasteiger partial charge on any atom is 0.411 e. The van der Waals surface area contributed by atoms with E-state index in [4.69, 9.17) is 16.3 Å². The Balaban J connectivity index is 2.01. The molecule has 2 aromatic rings. The van der Waals surface area contributed by atoms with Gasteiger partial charge in [-0.2, -0.15) is 0 Å². The van der Waals surface area contributed by atoms with Crippen molar-refractivity contribution in [1.29, 1.82) is 0 Å². The first kappa shape index (κ1) is 20.9. The molecule has 0 aromatic heterocycles. The number of carbonyl (C=O) groups excluding carboxylic acids is 1. The Labute approximate surface area is 178 Å². The lowest BCUT2D eigenvalue weighted by atomic mass is 10.2. The van der Waals surface area contributed by atoms with Crippen LogP contribution in [-0.2, 0) is 4.74 Å². The molecule has 1 aliphatic rings. The van der Waals surface area contributed by atoms with E-state index in [0.717, 1.165) is 23.0 Å². The van der Waals surface area contributed by atoms with Gasteiger partial charge in [0.15, 0.2) is 0 Å². The molecule has 0 aliphatic carbocycles. The van der Waals surface area contributed by atoms with Gasteiger partial charge in [0.05, 0.1) is 5.02 Å². The molecule has 1 amide bonds. The third-order valence-corrected chi connectivity index (χ3v) is 5.25. The van der Waals surface area contributed by atoms with E-state index < -0.39 is 11.4 Å². The average Bonchev–Trinajstić information content (AvgIpc) is 3.08. The SMILES string of the molecule is CC(C)(C)OC(=O)N1CCCC1N(c1ccc(Br)cc1)c1ccc(F)c(Cl)c1. The first-order valence-corrected chi connectivity index (χ1v) is 10.3. The monoisotopic (exact) mass is 468 g/mol. The molecule has 0 saturated carbocycles. The minimum Gasteiger partial charge on any atom is -0.444 e. The third-order valence-electron chi connectivity index (χ3n) is 4.43. The lowest BCUT2D eigenvalue weighted by Gasteiger charge is -2.37. The molecule has 1 heterocycles. The molecule has 1 fully saturated rings. The van der Waals surface area contributed by atoms with Gasteiger partial charge in [0.2, 0.25) is 0 Å². The van der Waals surface area contributed by atoms with E-state index in [0.29, 0.717) is 12.2 Å². The largest absolute Gasteiger partial charge is 0.444 e. The molecular formula is C21H23BrClFN2O2. The van der Waals surface area contributed by atoms with Gasteiger partial charge in [0, 0.05) is 22.4 Å². The Morgan fingerprint density at radius 3 is 2.46 bits per heavy atom. The van der Waals surface area contributed by atoms with Crippen molar-refractivity contribution in [2.75, 3.05) is 11.4 Å². The summed E-state index contributed by atoms with van der Waals surface area (Å²) in [5, 5.41) is 0.0430. The maximum absolute atomic E-state index is 13.7. The molecule has 3 rings (SSSR count). The molecule has 1 saturated heterocycles. The predicted molar refractivity (Wildman–Crippen MR) is 114 cm³/mol. The van der Waals surface area contributed by atoms with Crippen LogP contribution in [0.2, 0.25) is 5.02 Å². The highest BCUT2D eigenvalue weighted by molar-refractivity contribution is 9.10. The number of amides is 1. The van der Waals surface area contributed by atoms with Gasteiger partial charge >= 0.3 is 6.09 Å². The topological polar surface area (TPSA) is 32.8 Å². The van der Waals surface area contributed by atoms with Crippen LogP contribution in [0.5, 0.6) is 0 Å². The standard InChI is InChI=1S/C21H23BrClFN2O2/c1-21(2,3)28-20(27)25-12-4-5-19(25)26(15-8-6-14(22)7-9-15)16-10-11-18(24)17(23)13-16/h6-11,13,19H,4-5,12H2,1-3H3. The van der Waals surface area contributed by atoms with Crippen LogP contribution in [0.25, 0.3) is 0 Å². The van der Waals surface area contributed by atoms with E-state index in [9.17, 15) is 9.18 Å². The fourth-order valence-corrected chi connectivity index (χ4v) is 3.72. The molecule has 0 bridgehead atoms. The molecule has 7 heteroatoms. The second-order valence-corrected chi connectivity index (χ2v) is 9.06. The Bertz CT molecular complexity index is 854. The lowest BCUT2D eigenvalue weighted by Crippen LogP contribution is -2.47. The van der Waals surface area contributed by atoms with Crippen LogP contribution in [-0.4, -0.2) is 29.3 Å². The molecular weight excluding hydrogens is 447 g/mol. The van der Waals surface area contributed by atoms with Crippen LogP contribution in [0.3, 0.4) is 0 Å². The number of likely N-dealkylation sites (tertiary alicyclic amines) is 1. The maximum atomic E-state index is 13.7. The van der Waals surface area contributed by atoms with Crippen molar-refractivity contribution in [1.82, 2.24) is 4.90 Å². The van der Waals surface area contributed by atoms with Gasteiger partial charge in [-0.05, 0) is 76.1 Å². The van der Waals surface area contributed by atoms with E-state index in [2.05, 4.69) is 15.9 Å². The fraction of sp³-hybridized carbons (Fsp3) is 0.381. The van der Waals surface area contributed by atoms with Gasteiger partial charge in [0.25, 0.3) is 0 Å². The van der Waals surface area contributed by atoms with Crippen molar-refractivity contribution in [2.45, 2.75) is 45.4 Å². The highest BCUT2D eigenvalue weighted by Gasteiger charge is 2.37. The van der Waals surface area contributed by atoms with Crippen LogP contribution in [0.15, 0.2) is 46.9 Å². The highest BCUT2D eigenvalue weighted by atomic mass is 79.9. The van der Waals surface area contributed by atoms with Gasteiger partial charge < -0.3 is 9.64 Å². The molecule has 0 radical (unpaired) electrons. The zero-order valence-electron chi connectivity index (χ0n) is 16.1. The number of ether oxygens (including phenoxy) is 1. The van der Waals surface area contributed by atoms with Gasteiger partial charge in [0.1, 0.15) is 17.6 Å². The molecule has 28 heavy (non-hydrogen) atoms. The van der Waals surface area contributed by atoms with E-state index in [1.807, 2.05) is 49.9 Å². The molecule has 1 atom stereocenters. The number of carbonyl (C=O) groups is 1. The number of rotatable bonds is 3. The van der Waals surface area contributed by atoms with Crippen LogP contribution in [0.4, 0.5) is 20.6 Å². The summed E-state index contributed by atoms with van der Waals surface area (Å²) in [5.41, 5.74) is 1.02. The van der Waals surface area contributed by atoms with Crippen LogP contribution in [0.1, 0.15) is 33.6 Å². The number of halogens is 3. The van der Waals surface area contributed by atoms with Crippen molar-refractivity contribution in [2.24, 2.45) is 0 Å². The summed E-state index contributed by atoms with van der Waals surface area (Å²) in [5.74, 6) is -0.475. The van der Waals surface area contributed by atoms with E-state index in [1.54, 1.807) is 17.0 Å². The van der Waals surface area contributed by atoms with Crippen LogP contribution >= 0.6 is 27.5 Å². The first-order valence-electron chi connectivity index (χ1n) is 9.15. The number of benzene rings is 2. The van der Waals surface area contributed by atoms with E-state index in [-0.39, 0.29) is 17.3 Å². The highest BCUT2D eigenvalue weighted by Crippen LogP contribution is 2.36. The van der Waals surface area contributed by atoms with E-state index >= 15 is 0 Å². The second-order valence-electron chi connectivity index (χ2n) is 7.74. The fourth-order valence-electron chi connectivity index (χ4n) is 3.28. The van der Waals surface area contributed by atoms with Gasteiger partial charge in [-0.25, -0.2) is 9.18 Å². The van der Waals surface area contributed by atoms with Gasteiger partial charge in [-0.1, -0.05) is 27.5 Å². The number of hydrogen-bond donors (Lipinski definition) is 0. The number of nitrogens with zero attached hydrogens (tertiary/aromatic N) is 2. The predicted octanol–water partition coefficient (Wildman–Crippen LogP) is 6.74. The van der Waals surface area contributed by atoms with Crippen molar-refractivity contribution >= 4 is 45.0 Å². The van der Waals surface area contributed by atoms with Crippen LogP contribution < -0.4 is 4.90 Å². The zero-order chi connectivity index (χ0) is 20.5. The molecule has 150 valence electrons. The van der Waals surface area contributed by atoms with Gasteiger partial charge in [-0.3, -0.25) is 4.90 Å². The minimum atomic E-state index is -0.578. The Hall–Kier alpha value is -1.79. The summed E-state index contributed by atoms with van der Waals surface area (Å²) in [7, 11) is 0. The number of anilines is 2. The Kier molecular flexibility index (Phi) is 6.20. The smallest absolute Gasteiger partial charge is 0.411 e. The molecule has 0 N–H and O–H groups in total. The summed E-state index contributed by atoms with van der Waals surface area (Å²) in [6.07, 6.45) is 1.01. The minimum absolute atomic E-state index is 0.0430. The molecule has 2 aromatic carbocycles. The summed E-state index contributed by atoms with van der Waals surface area (Å²) < 4.78 is 20.3. The summed E-state index contributed by atoms with van der Waals surface area (Å²) in [4.78, 5) is 16.5. The summed E-state index contributed by atoms with van der Waals surface area (Å²) >= 11 is 9.50. The molecule has 4 nitrogen and oxygen atoms in total. The summed E-state index contributed by atoms with van der Waals surface area (Å²) in [6, 6.07) is 12.4. The number of hydrogen-bond acceptors (Lipinski definition) is 3.